The Kier molecular flexibility index (Phi) is 7.20. The molecule has 0 atom stereocenters. The number of nitriles is 1. The number of rotatable bonds is 8. The second-order valence-electron chi connectivity index (χ2n) is 5.76. The zero-order valence-corrected chi connectivity index (χ0v) is 15.0. The van der Waals surface area contributed by atoms with E-state index in [2.05, 4.69) is 35.9 Å². The second kappa shape index (κ2) is 9.85. The van der Waals surface area contributed by atoms with Crippen molar-refractivity contribution >= 4 is 17.7 Å². The van der Waals surface area contributed by atoms with E-state index < -0.39 is 5.91 Å². The molecule has 0 aromatic heterocycles. The molecule has 4 nitrogen and oxygen atoms in total. The molecule has 1 N–H and O–H groups in total. The Morgan fingerprint density at radius 3 is 2.46 bits per heavy atom. The van der Waals surface area contributed by atoms with Crippen molar-refractivity contribution in [2.24, 2.45) is 0 Å². The summed E-state index contributed by atoms with van der Waals surface area (Å²) in [6.07, 6.45) is 3.17. The molecule has 0 aliphatic rings. The first kappa shape index (κ1) is 19.0. The van der Waals surface area contributed by atoms with Crippen LogP contribution in [0.25, 0.3) is 6.08 Å². The van der Waals surface area contributed by atoms with Crippen LogP contribution >= 0.6 is 0 Å². The highest BCUT2D eigenvalue weighted by atomic mass is 16.1. The molecular weight excluding hydrogens is 322 g/mol. The van der Waals surface area contributed by atoms with Crippen molar-refractivity contribution < 1.29 is 4.79 Å². The van der Waals surface area contributed by atoms with E-state index >= 15 is 0 Å². The Bertz CT molecular complexity index is 802. The quantitative estimate of drug-likeness (QED) is 0.448. The Morgan fingerprint density at radius 2 is 1.88 bits per heavy atom. The Labute approximate surface area is 155 Å². The lowest BCUT2D eigenvalue weighted by molar-refractivity contribution is -0.116. The van der Waals surface area contributed by atoms with Gasteiger partial charge in [-0.2, -0.15) is 5.26 Å². The molecule has 2 aromatic rings. The summed E-state index contributed by atoms with van der Waals surface area (Å²) < 4.78 is 0. The standard InChI is InChI=1S/C22H23N3O/c1-3-14-24-22(26)20(16-23)15-18-10-12-21(13-11-18)25(4-2)17-19-8-6-5-7-9-19/h3,5-13,15H,1,4,14,17H2,2H3,(H,24,26)/b20-15+. The zero-order valence-electron chi connectivity index (χ0n) is 15.0. The van der Waals surface area contributed by atoms with Gasteiger partial charge in [0.25, 0.3) is 5.91 Å². The fourth-order valence-electron chi connectivity index (χ4n) is 2.55. The number of hydrogen-bond acceptors (Lipinski definition) is 3. The summed E-state index contributed by atoms with van der Waals surface area (Å²) in [7, 11) is 0. The summed E-state index contributed by atoms with van der Waals surface area (Å²) >= 11 is 0. The molecule has 2 rings (SSSR count). The molecule has 0 bridgehead atoms. The van der Waals surface area contributed by atoms with Gasteiger partial charge in [-0.05, 0) is 36.3 Å². The number of carbonyl (C=O) groups excluding carboxylic acids is 1. The maximum Gasteiger partial charge on any atom is 0.262 e. The first-order chi connectivity index (χ1) is 12.7. The minimum absolute atomic E-state index is 0.0798. The third-order valence-corrected chi connectivity index (χ3v) is 3.94. The van der Waals surface area contributed by atoms with Crippen molar-refractivity contribution in [3.05, 3.63) is 84.0 Å². The van der Waals surface area contributed by atoms with Gasteiger partial charge in [0.1, 0.15) is 11.6 Å². The first-order valence-electron chi connectivity index (χ1n) is 8.57. The topological polar surface area (TPSA) is 56.1 Å². The minimum atomic E-state index is -0.393. The van der Waals surface area contributed by atoms with Gasteiger partial charge in [-0.3, -0.25) is 4.79 Å². The van der Waals surface area contributed by atoms with Crippen molar-refractivity contribution in [2.75, 3.05) is 18.0 Å². The van der Waals surface area contributed by atoms with E-state index in [1.807, 2.05) is 48.5 Å². The van der Waals surface area contributed by atoms with Crippen molar-refractivity contribution in [1.29, 1.82) is 5.26 Å². The average molecular weight is 345 g/mol. The molecule has 0 heterocycles. The van der Waals surface area contributed by atoms with Crippen LogP contribution in [-0.2, 0) is 11.3 Å². The van der Waals surface area contributed by atoms with Gasteiger partial charge in [0.2, 0.25) is 0 Å². The van der Waals surface area contributed by atoms with Gasteiger partial charge < -0.3 is 10.2 Å². The number of nitrogens with one attached hydrogen (secondary N) is 1. The average Bonchev–Trinajstić information content (AvgIpc) is 2.69. The smallest absolute Gasteiger partial charge is 0.262 e. The van der Waals surface area contributed by atoms with Gasteiger partial charge in [0, 0.05) is 25.3 Å². The van der Waals surface area contributed by atoms with Crippen LogP contribution in [-0.4, -0.2) is 19.0 Å². The van der Waals surface area contributed by atoms with Crippen molar-refractivity contribution in [1.82, 2.24) is 5.32 Å². The lowest BCUT2D eigenvalue weighted by atomic mass is 10.1. The molecule has 4 heteroatoms. The van der Waals surface area contributed by atoms with Crippen molar-refractivity contribution in [3.8, 4) is 6.07 Å². The summed E-state index contributed by atoms with van der Waals surface area (Å²) in [6.45, 7) is 7.72. The molecule has 0 fully saturated rings. The number of anilines is 1. The Morgan fingerprint density at radius 1 is 1.19 bits per heavy atom. The van der Waals surface area contributed by atoms with E-state index in [9.17, 15) is 10.1 Å². The minimum Gasteiger partial charge on any atom is -0.367 e. The SMILES string of the molecule is C=CCNC(=O)/C(C#N)=C/c1ccc(N(CC)Cc2ccccc2)cc1. The summed E-state index contributed by atoms with van der Waals surface area (Å²) in [5, 5.41) is 11.8. The van der Waals surface area contributed by atoms with Crippen LogP contribution in [0.4, 0.5) is 5.69 Å². The van der Waals surface area contributed by atoms with Crippen LogP contribution in [0.5, 0.6) is 0 Å². The van der Waals surface area contributed by atoms with Gasteiger partial charge in [-0.1, -0.05) is 48.5 Å². The lowest BCUT2D eigenvalue weighted by Crippen LogP contribution is -2.24. The van der Waals surface area contributed by atoms with Gasteiger partial charge in [-0.25, -0.2) is 0 Å². The van der Waals surface area contributed by atoms with Gasteiger partial charge in [0.15, 0.2) is 0 Å². The van der Waals surface area contributed by atoms with Gasteiger partial charge in [0.05, 0.1) is 0 Å². The summed E-state index contributed by atoms with van der Waals surface area (Å²) in [5.74, 6) is -0.393. The van der Waals surface area contributed by atoms with Crippen LogP contribution < -0.4 is 10.2 Å². The van der Waals surface area contributed by atoms with Crippen LogP contribution in [0.3, 0.4) is 0 Å². The maximum atomic E-state index is 11.9. The highest BCUT2D eigenvalue weighted by Crippen LogP contribution is 2.19. The van der Waals surface area contributed by atoms with Crippen LogP contribution in [0.1, 0.15) is 18.1 Å². The highest BCUT2D eigenvalue weighted by molar-refractivity contribution is 6.01. The molecule has 1 amide bonds. The third-order valence-electron chi connectivity index (χ3n) is 3.94. The van der Waals surface area contributed by atoms with Gasteiger partial charge >= 0.3 is 0 Å². The Hall–Kier alpha value is -3.32. The molecule has 0 radical (unpaired) electrons. The van der Waals surface area contributed by atoms with E-state index in [0.29, 0.717) is 6.54 Å². The van der Waals surface area contributed by atoms with E-state index in [0.717, 1.165) is 24.3 Å². The van der Waals surface area contributed by atoms with Crippen molar-refractivity contribution in [2.45, 2.75) is 13.5 Å². The number of amides is 1. The zero-order chi connectivity index (χ0) is 18.8. The maximum absolute atomic E-state index is 11.9. The molecule has 0 saturated carbocycles. The molecule has 26 heavy (non-hydrogen) atoms. The predicted molar refractivity (Wildman–Crippen MR) is 106 cm³/mol. The third kappa shape index (κ3) is 5.35. The molecule has 2 aromatic carbocycles. The number of carbonyl (C=O) groups is 1. The number of hydrogen-bond donors (Lipinski definition) is 1. The highest BCUT2D eigenvalue weighted by Gasteiger charge is 2.08. The van der Waals surface area contributed by atoms with Crippen LogP contribution in [0, 0.1) is 11.3 Å². The van der Waals surface area contributed by atoms with Crippen LogP contribution in [0.15, 0.2) is 72.8 Å². The molecule has 0 spiro atoms. The van der Waals surface area contributed by atoms with E-state index in [1.54, 1.807) is 12.2 Å². The van der Waals surface area contributed by atoms with E-state index in [1.165, 1.54) is 5.56 Å². The predicted octanol–water partition coefficient (Wildman–Crippen LogP) is 3.92. The van der Waals surface area contributed by atoms with E-state index in [4.69, 9.17) is 0 Å². The largest absolute Gasteiger partial charge is 0.367 e. The molecular formula is C22H23N3O. The van der Waals surface area contributed by atoms with Crippen LogP contribution in [0.2, 0.25) is 0 Å². The number of nitrogens with zero attached hydrogens (tertiary/aromatic N) is 2. The van der Waals surface area contributed by atoms with Crippen molar-refractivity contribution in [3.63, 3.8) is 0 Å². The molecule has 0 aliphatic heterocycles. The van der Waals surface area contributed by atoms with Gasteiger partial charge in [-0.15, -0.1) is 6.58 Å². The summed E-state index contributed by atoms with van der Waals surface area (Å²) in [5.41, 5.74) is 3.25. The second-order valence-corrected chi connectivity index (χ2v) is 5.76. The monoisotopic (exact) mass is 345 g/mol. The first-order valence-corrected chi connectivity index (χ1v) is 8.57. The molecule has 0 unspecified atom stereocenters. The summed E-state index contributed by atoms with van der Waals surface area (Å²) in [4.78, 5) is 14.2. The van der Waals surface area contributed by atoms with E-state index in [-0.39, 0.29) is 5.57 Å². The fraction of sp³-hybridized carbons (Fsp3) is 0.182. The number of benzene rings is 2. The fourth-order valence-corrected chi connectivity index (χ4v) is 2.55. The molecule has 0 aliphatic carbocycles. The molecule has 132 valence electrons. The summed E-state index contributed by atoms with van der Waals surface area (Å²) in [6, 6.07) is 20.1. The lowest BCUT2D eigenvalue weighted by Gasteiger charge is -2.23. The normalized spacial score (nSPS) is 10.7. The Balaban J connectivity index is 2.13. The molecule has 0 saturated heterocycles.